The van der Waals surface area contributed by atoms with Crippen LogP contribution in [-0.4, -0.2) is 45.0 Å². The Morgan fingerprint density at radius 2 is 2.05 bits per heavy atom. The van der Waals surface area contributed by atoms with E-state index in [-0.39, 0.29) is 17.9 Å². The van der Waals surface area contributed by atoms with Crippen molar-refractivity contribution in [3.63, 3.8) is 0 Å². The second-order valence-electron chi connectivity index (χ2n) is 3.98. The molecule has 0 unspecified atom stereocenters. The molecule has 0 radical (unpaired) electrons. The highest BCUT2D eigenvalue weighted by molar-refractivity contribution is 9.10. The molecule has 19 heavy (non-hydrogen) atoms. The third kappa shape index (κ3) is 4.55. The van der Waals surface area contributed by atoms with Gasteiger partial charge in [-0.15, -0.1) is 0 Å². The molecule has 0 spiro atoms. The van der Waals surface area contributed by atoms with Gasteiger partial charge in [0.2, 0.25) is 10.0 Å². The van der Waals surface area contributed by atoms with Gasteiger partial charge in [-0.05, 0) is 18.2 Å². The van der Waals surface area contributed by atoms with Crippen molar-refractivity contribution in [1.29, 1.82) is 0 Å². The van der Waals surface area contributed by atoms with E-state index in [9.17, 15) is 17.6 Å². The smallest absolute Gasteiger partial charge is 0.254 e. The van der Waals surface area contributed by atoms with Crippen LogP contribution in [-0.2, 0) is 10.0 Å². The van der Waals surface area contributed by atoms with E-state index in [1.54, 1.807) is 0 Å². The van der Waals surface area contributed by atoms with E-state index >= 15 is 0 Å². The van der Waals surface area contributed by atoms with Crippen molar-refractivity contribution >= 4 is 31.9 Å². The summed E-state index contributed by atoms with van der Waals surface area (Å²) < 4.78 is 38.0. The van der Waals surface area contributed by atoms with Crippen LogP contribution < -0.4 is 5.32 Å². The van der Waals surface area contributed by atoms with Crippen molar-refractivity contribution in [3.05, 3.63) is 34.1 Å². The van der Waals surface area contributed by atoms with Crippen molar-refractivity contribution in [2.75, 3.05) is 26.4 Å². The average molecular weight is 353 g/mol. The van der Waals surface area contributed by atoms with Crippen molar-refractivity contribution in [1.82, 2.24) is 9.62 Å². The zero-order chi connectivity index (χ0) is 14.6. The summed E-state index contributed by atoms with van der Waals surface area (Å²) in [4.78, 5) is 11.7. The second-order valence-corrected chi connectivity index (χ2v) is 7.20. The summed E-state index contributed by atoms with van der Waals surface area (Å²) in [6, 6.07) is 3.98. The molecule has 1 rings (SSSR count). The van der Waals surface area contributed by atoms with Gasteiger partial charge in [-0.3, -0.25) is 4.79 Å². The summed E-state index contributed by atoms with van der Waals surface area (Å²) in [5.74, 6) is -1.54. The van der Waals surface area contributed by atoms with Gasteiger partial charge < -0.3 is 5.32 Å². The van der Waals surface area contributed by atoms with Gasteiger partial charge in [0.25, 0.3) is 5.91 Å². The van der Waals surface area contributed by atoms with Gasteiger partial charge in [0, 0.05) is 25.1 Å². The Morgan fingerprint density at radius 1 is 1.42 bits per heavy atom. The second kappa shape index (κ2) is 6.44. The van der Waals surface area contributed by atoms with Gasteiger partial charge >= 0.3 is 0 Å². The summed E-state index contributed by atoms with van der Waals surface area (Å²) in [5, 5.41) is 2.37. The number of rotatable bonds is 5. The predicted octanol–water partition coefficient (Wildman–Crippen LogP) is 1.21. The molecule has 1 N–H and O–H groups in total. The standard InChI is InChI=1S/C11H14BrFN2O3S/c1-15(2)19(17,18)6-5-14-11(16)9-7-8(12)3-4-10(9)13/h3-4,7H,5-6H2,1-2H3,(H,14,16). The maximum atomic E-state index is 13.4. The largest absolute Gasteiger partial charge is 0.351 e. The molecule has 0 saturated heterocycles. The molecule has 0 heterocycles. The summed E-state index contributed by atoms with van der Waals surface area (Å²) >= 11 is 3.13. The van der Waals surface area contributed by atoms with Crippen LogP contribution in [0.1, 0.15) is 10.4 Å². The first-order valence-electron chi connectivity index (χ1n) is 5.37. The number of benzene rings is 1. The molecule has 5 nitrogen and oxygen atoms in total. The molecule has 106 valence electrons. The van der Waals surface area contributed by atoms with Gasteiger partial charge in [0.15, 0.2) is 0 Å². The number of amides is 1. The van der Waals surface area contributed by atoms with Gasteiger partial charge in [0.05, 0.1) is 11.3 Å². The fourth-order valence-corrected chi connectivity index (χ4v) is 2.33. The van der Waals surface area contributed by atoms with E-state index in [2.05, 4.69) is 21.2 Å². The minimum atomic E-state index is -3.38. The van der Waals surface area contributed by atoms with Crippen LogP contribution >= 0.6 is 15.9 Å². The molecule has 0 bridgehead atoms. The van der Waals surface area contributed by atoms with Crippen LogP contribution in [0.2, 0.25) is 0 Å². The molecule has 0 fully saturated rings. The normalized spacial score (nSPS) is 11.6. The number of halogens is 2. The lowest BCUT2D eigenvalue weighted by molar-refractivity contribution is 0.0952. The fraction of sp³-hybridized carbons (Fsp3) is 0.364. The number of sulfonamides is 1. The molecule has 1 amide bonds. The summed E-state index contributed by atoms with van der Waals surface area (Å²) in [7, 11) is -0.563. The van der Waals surface area contributed by atoms with Crippen LogP contribution in [0, 0.1) is 5.82 Å². The number of hydrogen-bond acceptors (Lipinski definition) is 3. The Labute approximate surface area is 120 Å². The number of carbonyl (C=O) groups is 1. The van der Waals surface area contributed by atoms with Crippen LogP contribution in [0.25, 0.3) is 0 Å². The maximum Gasteiger partial charge on any atom is 0.254 e. The molecule has 8 heteroatoms. The third-order valence-corrected chi connectivity index (χ3v) is 4.70. The monoisotopic (exact) mass is 352 g/mol. The number of hydrogen-bond donors (Lipinski definition) is 1. The minimum Gasteiger partial charge on any atom is -0.351 e. The van der Waals surface area contributed by atoms with Crippen LogP contribution in [0.5, 0.6) is 0 Å². The Bertz CT molecular complexity index is 575. The average Bonchev–Trinajstić information content (AvgIpc) is 2.31. The number of nitrogens with one attached hydrogen (secondary N) is 1. The molecule has 0 aliphatic carbocycles. The van der Waals surface area contributed by atoms with Crippen LogP contribution in [0.3, 0.4) is 0 Å². The molecular formula is C11H14BrFN2O3S. The molecule has 0 saturated carbocycles. The Morgan fingerprint density at radius 3 is 2.63 bits per heavy atom. The van der Waals surface area contributed by atoms with Gasteiger partial charge in [-0.25, -0.2) is 17.1 Å². The first kappa shape index (κ1) is 16.1. The van der Waals surface area contributed by atoms with Crippen LogP contribution in [0.4, 0.5) is 4.39 Å². The van der Waals surface area contributed by atoms with E-state index < -0.39 is 21.7 Å². The summed E-state index contributed by atoms with van der Waals surface area (Å²) in [6.45, 7) is -0.0781. The number of carbonyl (C=O) groups excluding carboxylic acids is 1. The minimum absolute atomic E-state index is 0.0781. The Balaban J connectivity index is 2.64. The zero-order valence-electron chi connectivity index (χ0n) is 10.5. The molecule has 0 aliphatic heterocycles. The van der Waals surface area contributed by atoms with Crippen LogP contribution in [0.15, 0.2) is 22.7 Å². The lowest BCUT2D eigenvalue weighted by Gasteiger charge is -2.11. The maximum absolute atomic E-state index is 13.4. The Hall–Kier alpha value is -0.990. The summed E-state index contributed by atoms with van der Waals surface area (Å²) in [5.41, 5.74) is -0.128. The van der Waals surface area contributed by atoms with Crippen molar-refractivity contribution in [3.8, 4) is 0 Å². The molecule has 0 aliphatic rings. The fourth-order valence-electron chi connectivity index (χ4n) is 1.24. The van der Waals surface area contributed by atoms with Gasteiger partial charge in [-0.2, -0.15) is 0 Å². The van der Waals surface area contributed by atoms with Crippen molar-refractivity contribution in [2.24, 2.45) is 0 Å². The lowest BCUT2D eigenvalue weighted by atomic mass is 10.2. The predicted molar refractivity (Wildman–Crippen MR) is 73.9 cm³/mol. The van der Waals surface area contributed by atoms with E-state index in [1.807, 2.05) is 0 Å². The molecular weight excluding hydrogens is 339 g/mol. The lowest BCUT2D eigenvalue weighted by Crippen LogP contribution is -2.34. The molecule has 0 atom stereocenters. The van der Waals surface area contributed by atoms with E-state index in [0.717, 1.165) is 10.4 Å². The van der Waals surface area contributed by atoms with E-state index in [4.69, 9.17) is 0 Å². The topological polar surface area (TPSA) is 66.5 Å². The first-order valence-corrected chi connectivity index (χ1v) is 7.77. The quantitative estimate of drug-likeness (QED) is 0.865. The summed E-state index contributed by atoms with van der Waals surface area (Å²) in [6.07, 6.45) is 0. The number of nitrogens with zero attached hydrogens (tertiary/aromatic N) is 1. The molecule has 0 aromatic heterocycles. The van der Waals surface area contributed by atoms with Crippen molar-refractivity contribution in [2.45, 2.75) is 0 Å². The highest BCUT2D eigenvalue weighted by Crippen LogP contribution is 2.15. The third-order valence-electron chi connectivity index (χ3n) is 2.37. The van der Waals surface area contributed by atoms with Crippen molar-refractivity contribution < 1.29 is 17.6 Å². The SMILES string of the molecule is CN(C)S(=O)(=O)CCNC(=O)c1cc(Br)ccc1F. The highest BCUT2D eigenvalue weighted by Gasteiger charge is 2.16. The zero-order valence-corrected chi connectivity index (χ0v) is 12.9. The molecule has 1 aromatic carbocycles. The Kier molecular flexibility index (Phi) is 5.45. The van der Waals surface area contributed by atoms with Gasteiger partial charge in [0.1, 0.15) is 5.82 Å². The first-order chi connectivity index (χ1) is 8.74. The van der Waals surface area contributed by atoms with E-state index in [1.165, 1.54) is 26.2 Å². The van der Waals surface area contributed by atoms with E-state index in [0.29, 0.717) is 4.47 Å². The molecule has 1 aromatic rings. The highest BCUT2D eigenvalue weighted by atomic mass is 79.9. The van der Waals surface area contributed by atoms with Gasteiger partial charge in [-0.1, -0.05) is 15.9 Å².